The zero-order chi connectivity index (χ0) is 23.5. The van der Waals surface area contributed by atoms with Crippen LogP contribution in [0.2, 0.25) is 0 Å². The van der Waals surface area contributed by atoms with Crippen molar-refractivity contribution >= 4 is 39.6 Å². The van der Waals surface area contributed by atoms with Gasteiger partial charge in [-0.05, 0) is 31.6 Å². The smallest absolute Gasteiger partial charge is 0.341 e. The van der Waals surface area contributed by atoms with Crippen molar-refractivity contribution in [1.29, 1.82) is 0 Å². The number of aryl methyl sites for hydroxylation is 3. The van der Waals surface area contributed by atoms with Gasteiger partial charge in [-0.3, -0.25) is 9.58 Å². The van der Waals surface area contributed by atoms with Gasteiger partial charge in [-0.2, -0.15) is 5.10 Å². The Morgan fingerprint density at radius 2 is 1.88 bits per heavy atom. The number of esters is 1. The third kappa shape index (κ3) is 5.10. The molecule has 1 aromatic carbocycles. The summed E-state index contributed by atoms with van der Waals surface area (Å²) < 4.78 is 6.99. The predicted molar refractivity (Wildman–Crippen MR) is 137 cm³/mol. The number of carbonyl (C=O) groups is 1. The van der Waals surface area contributed by atoms with E-state index in [-0.39, 0.29) is 5.97 Å². The molecule has 4 rings (SSSR count). The fourth-order valence-electron chi connectivity index (χ4n) is 4.21. The highest BCUT2D eigenvalue weighted by Crippen LogP contribution is 2.40. The lowest BCUT2D eigenvalue weighted by Crippen LogP contribution is -2.49. The molecule has 0 aliphatic carbocycles. The van der Waals surface area contributed by atoms with Crippen molar-refractivity contribution in [1.82, 2.24) is 19.6 Å². The number of thiocarbonyl (C=S) groups is 1. The largest absolute Gasteiger partial charge is 0.465 e. The standard InChI is InChI=1S/C24H29N5O2S2/c1-16-19(14-27(3)26-16)15-28-10-12-29(13-11-28)24(32)25-22-21(23(30)31-4)20(17(2)33-22)18-8-6-5-7-9-18/h5-9,14H,10-13,15H2,1-4H3,(H,25,32). The molecule has 0 bridgehead atoms. The second kappa shape index (κ2) is 10.0. The lowest BCUT2D eigenvalue weighted by atomic mass is 10.0. The van der Waals surface area contributed by atoms with E-state index in [4.69, 9.17) is 17.0 Å². The third-order valence-corrected chi connectivity index (χ3v) is 7.31. The average molecular weight is 484 g/mol. The van der Waals surface area contributed by atoms with Crippen LogP contribution >= 0.6 is 23.6 Å². The molecule has 0 saturated carbocycles. The molecule has 33 heavy (non-hydrogen) atoms. The van der Waals surface area contributed by atoms with E-state index in [1.165, 1.54) is 24.0 Å². The number of methoxy groups -OCH3 is 1. The zero-order valence-corrected chi connectivity index (χ0v) is 21.1. The molecule has 1 aliphatic rings. The van der Waals surface area contributed by atoms with E-state index in [1.54, 1.807) is 0 Å². The number of aromatic nitrogens is 2. The Morgan fingerprint density at radius 1 is 1.18 bits per heavy atom. The Bertz CT molecular complexity index is 1150. The Hall–Kier alpha value is -2.75. The number of thiophene rings is 1. The first kappa shape index (κ1) is 23.4. The van der Waals surface area contributed by atoms with Gasteiger partial charge in [0.1, 0.15) is 10.6 Å². The van der Waals surface area contributed by atoms with E-state index in [2.05, 4.69) is 33.3 Å². The van der Waals surface area contributed by atoms with Crippen molar-refractivity contribution in [2.75, 3.05) is 38.6 Å². The highest BCUT2D eigenvalue weighted by atomic mass is 32.1. The van der Waals surface area contributed by atoms with Gasteiger partial charge in [-0.15, -0.1) is 11.3 Å². The van der Waals surface area contributed by atoms with Gasteiger partial charge < -0.3 is 15.0 Å². The van der Waals surface area contributed by atoms with Crippen LogP contribution in [0.1, 0.15) is 26.5 Å². The highest BCUT2D eigenvalue weighted by Gasteiger charge is 2.26. The minimum atomic E-state index is -0.361. The molecule has 1 saturated heterocycles. The van der Waals surface area contributed by atoms with Crippen molar-refractivity contribution in [2.45, 2.75) is 20.4 Å². The molecule has 3 heterocycles. The van der Waals surface area contributed by atoms with Gasteiger partial charge in [0.15, 0.2) is 5.11 Å². The third-order valence-electron chi connectivity index (χ3n) is 5.93. The summed E-state index contributed by atoms with van der Waals surface area (Å²) in [6, 6.07) is 9.92. The maximum atomic E-state index is 12.7. The molecule has 0 radical (unpaired) electrons. The molecule has 0 atom stereocenters. The van der Waals surface area contributed by atoms with Crippen molar-refractivity contribution in [3.05, 3.63) is 58.2 Å². The van der Waals surface area contributed by atoms with Gasteiger partial charge in [0.05, 0.1) is 12.8 Å². The molecule has 1 aliphatic heterocycles. The predicted octanol–water partition coefficient (Wildman–Crippen LogP) is 4.07. The molecule has 1 N–H and O–H groups in total. The topological polar surface area (TPSA) is 62.6 Å². The van der Waals surface area contributed by atoms with Gasteiger partial charge >= 0.3 is 5.97 Å². The fraction of sp³-hybridized carbons (Fsp3) is 0.375. The first-order valence-electron chi connectivity index (χ1n) is 10.9. The number of hydrogen-bond acceptors (Lipinski definition) is 6. The second-order valence-electron chi connectivity index (χ2n) is 8.20. The molecule has 0 amide bonds. The summed E-state index contributed by atoms with van der Waals surface area (Å²) in [5, 5.41) is 9.16. The van der Waals surface area contributed by atoms with Gasteiger partial charge in [-0.25, -0.2) is 4.79 Å². The fourth-order valence-corrected chi connectivity index (χ4v) is 5.62. The summed E-state index contributed by atoms with van der Waals surface area (Å²) in [5.41, 5.74) is 4.77. The number of anilines is 1. The van der Waals surface area contributed by atoms with Crippen molar-refractivity contribution in [2.24, 2.45) is 7.05 Å². The van der Waals surface area contributed by atoms with Crippen LogP contribution in [0, 0.1) is 13.8 Å². The molecule has 1 fully saturated rings. The Morgan fingerprint density at radius 3 is 2.48 bits per heavy atom. The number of benzene rings is 1. The number of hydrogen-bond donors (Lipinski definition) is 1. The summed E-state index contributed by atoms with van der Waals surface area (Å²) in [6.45, 7) is 8.45. The number of piperazine rings is 1. The van der Waals surface area contributed by atoms with Crippen molar-refractivity contribution in [3.63, 3.8) is 0 Å². The first-order valence-corrected chi connectivity index (χ1v) is 12.1. The lowest BCUT2D eigenvalue weighted by Gasteiger charge is -2.36. The van der Waals surface area contributed by atoms with Gasteiger partial charge in [0.2, 0.25) is 0 Å². The molecule has 174 valence electrons. The summed E-state index contributed by atoms with van der Waals surface area (Å²) in [6.07, 6.45) is 2.09. The number of ether oxygens (including phenoxy) is 1. The normalized spacial score (nSPS) is 14.4. The molecular formula is C24H29N5O2S2. The van der Waals surface area contributed by atoms with E-state index >= 15 is 0 Å². The molecule has 9 heteroatoms. The Kier molecular flexibility index (Phi) is 7.11. The minimum Gasteiger partial charge on any atom is -0.465 e. The number of rotatable bonds is 5. The molecule has 0 unspecified atom stereocenters. The van der Waals surface area contributed by atoms with Crippen LogP contribution in [0.4, 0.5) is 5.00 Å². The Balaban J connectivity index is 1.46. The number of nitrogens with one attached hydrogen (secondary N) is 1. The van der Waals surface area contributed by atoms with E-state index in [9.17, 15) is 4.79 Å². The van der Waals surface area contributed by atoms with Gasteiger partial charge in [0.25, 0.3) is 0 Å². The summed E-state index contributed by atoms with van der Waals surface area (Å²) >= 11 is 7.27. The number of nitrogens with zero attached hydrogens (tertiary/aromatic N) is 4. The van der Waals surface area contributed by atoms with Crippen LogP contribution in [-0.4, -0.2) is 64.0 Å². The lowest BCUT2D eigenvalue weighted by molar-refractivity contribution is 0.0603. The van der Waals surface area contributed by atoms with Gasteiger partial charge in [-0.1, -0.05) is 30.3 Å². The van der Waals surface area contributed by atoms with E-state index < -0.39 is 0 Å². The summed E-state index contributed by atoms with van der Waals surface area (Å²) in [4.78, 5) is 18.4. The maximum Gasteiger partial charge on any atom is 0.341 e. The van der Waals surface area contributed by atoms with Crippen LogP contribution in [0.25, 0.3) is 11.1 Å². The minimum absolute atomic E-state index is 0.361. The zero-order valence-electron chi connectivity index (χ0n) is 19.4. The SMILES string of the molecule is COC(=O)c1c(NC(=S)N2CCN(Cc3cn(C)nc3C)CC2)sc(C)c1-c1ccccc1. The van der Waals surface area contributed by atoms with Crippen LogP contribution in [0.5, 0.6) is 0 Å². The molecule has 0 spiro atoms. The maximum absolute atomic E-state index is 12.7. The van der Waals surface area contributed by atoms with E-state index in [1.807, 2.05) is 49.0 Å². The molecular weight excluding hydrogens is 454 g/mol. The first-order chi connectivity index (χ1) is 15.9. The summed E-state index contributed by atoms with van der Waals surface area (Å²) in [7, 11) is 3.37. The van der Waals surface area contributed by atoms with Crippen LogP contribution in [-0.2, 0) is 18.3 Å². The number of carbonyl (C=O) groups excluding carboxylic acids is 1. The van der Waals surface area contributed by atoms with Crippen LogP contribution in [0.15, 0.2) is 36.5 Å². The summed E-state index contributed by atoms with van der Waals surface area (Å²) in [5.74, 6) is -0.361. The van der Waals surface area contributed by atoms with Crippen LogP contribution in [0.3, 0.4) is 0 Å². The van der Waals surface area contributed by atoms with E-state index in [0.717, 1.165) is 59.4 Å². The average Bonchev–Trinajstić information content (AvgIpc) is 3.31. The highest BCUT2D eigenvalue weighted by molar-refractivity contribution is 7.80. The van der Waals surface area contributed by atoms with Crippen molar-refractivity contribution in [3.8, 4) is 11.1 Å². The quantitative estimate of drug-likeness (QED) is 0.434. The second-order valence-corrected chi connectivity index (χ2v) is 9.81. The molecule has 3 aromatic rings. The van der Waals surface area contributed by atoms with Gasteiger partial charge in [0, 0.05) is 62.0 Å². The monoisotopic (exact) mass is 483 g/mol. The molecule has 7 nitrogen and oxygen atoms in total. The molecule has 2 aromatic heterocycles. The van der Waals surface area contributed by atoms with Crippen LogP contribution < -0.4 is 5.32 Å². The van der Waals surface area contributed by atoms with Crippen molar-refractivity contribution < 1.29 is 9.53 Å². The Labute approximate surface area is 204 Å². The van der Waals surface area contributed by atoms with E-state index in [0.29, 0.717) is 10.7 Å².